The number of hydrogen-bond donors (Lipinski definition) is 1. The van der Waals surface area contributed by atoms with Crippen LogP contribution in [-0.4, -0.2) is 25.8 Å². The smallest absolute Gasteiger partial charge is 0.303 e. The van der Waals surface area contributed by atoms with Crippen molar-refractivity contribution in [2.24, 2.45) is 7.05 Å². The van der Waals surface area contributed by atoms with Crippen molar-refractivity contribution in [2.45, 2.75) is 19.8 Å². The molecule has 0 bridgehead atoms. The van der Waals surface area contributed by atoms with Gasteiger partial charge >= 0.3 is 5.97 Å². The molecule has 5 nitrogen and oxygen atoms in total. The van der Waals surface area contributed by atoms with E-state index in [4.69, 9.17) is 5.11 Å². The van der Waals surface area contributed by atoms with Gasteiger partial charge in [0, 0.05) is 25.4 Å². The Bertz CT molecular complexity index is 561. The summed E-state index contributed by atoms with van der Waals surface area (Å²) in [6.45, 7) is 1.95. The number of hydrogen-bond acceptors (Lipinski definition) is 3. The lowest BCUT2D eigenvalue weighted by Gasteiger charge is -2.00. The van der Waals surface area contributed by atoms with Crippen molar-refractivity contribution in [3.63, 3.8) is 0 Å². The molecular weight excluding hydrogens is 230 g/mol. The Hall–Kier alpha value is -2.17. The highest BCUT2D eigenvalue weighted by molar-refractivity contribution is 5.67. The third-order valence-corrected chi connectivity index (χ3v) is 2.91. The molecule has 5 heteroatoms. The van der Waals surface area contributed by atoms with Crippen LogP contribution in [0.25, 0.3) is 11.4 Å². The van der Waals surface area contributed by atoms with E-state index in [0.717, 1.165) is 22.6 Å². The van der Waals surface area contributed by atoms with E-state index in [2.05, 4.69) is 10.1 Å². The SMILES string of the molecule is Cc1c(-c2ccccn2)nn(C)c1CCC(=O)O. The largest absolute Gasteiger partial charge is 0.481 e. The zero-order valence-electron chi connectivity index (χ0n) is 10.4. The van der Waals surface area contributed by atoms with E-state index in [0.29, 0.717) is 6.42 Å². The van der Waals surface area contributed by atoms with E-state index in [1.807, 2.05) is 32.2 Å². The van der Waals surface area contributed by atoms with E-state index >= 15 is 0 Å². The van der Waals surface area contributed by atoms with E-state index in [-0.39, 0.29) is 6.42 Å². The first-order chi connectivity index (χ1) is 8.59. The van der Waals surface area contributed by atoms with Gasteiger partial charge in [0.15, 0.2) is 0 Å². The highest BCUT2D eigenvalue weighted by atomic mass is 16.4. The van der Waals surface area contributed by atoms with E-state index < -0.39 is 5.97 Å². The molecule has 0 aliphatic heterocycles. The Morgan fingerprint density at radius 3 is 2.83 bits per heavy atom. The van der Waals surface area contributed by atoms with Gasteiger partial charge in [-0.15, -0.1) is 0 Å². The molecule has 0 amide bonds. The summed E-state index contributed by atoms with van der Waals surface area (Å²) < 4.78 is 1.74. The average molecular weight is 245 g/mol. The fourth-order valence-corrected chi connectivity index (χ4v) is 1.99. The zero-order valence-corrected chi connectivity index (χ0v) is 10.4. The second kappa shape index (κ2) is 5.00. The average Bonchev–Trinajstić information content (AvgIpc) is 2.63. The van der Waals surface area contributed by atoms with Crippen molar-refractivity contribution in [2.75, 3.05) is 0 Å². The first-order valence-electron chi connectivity index (χ1n) is 5.75. The highest BCUT2D eigenvalue weighted by Crippen LogP contribution is 2.23. The van der Waals surface area contributed by atoms with Crippen LogP contribution in [0.15, 0.2) is 24.4 Å². The molecular formula is C13H15N3O2. The van der Waals surface area contributed by atoms with Crippen molar-refractivity contribution in [1.29, 1.82) is 0 Å². The lowest BCUT2D eigenvalue weighted by molar-refractivity contribution is -0.136. The zero-order chi connectivity index (χ0) is 13.1. The van der Waals surface area contributed by atoms with Crippen LogP contribution in [0.5, 0.6) is 0 Å². The molecule has 2 heterocycles. The van der Waals surface area contributed by atoms with Gasteiger partial charge in [0.2, 0.25) is 0 Å². The van der Waals surface area contributed by atoms with Crippen LogP contribution in [0.2, 0.25) is 0 Å². The number of aryl methyl sites for hydroxylation is 1. The van der Waals surface area contributed by atoms with Gasteiger partial charge in [-0.2, -0.15) is 5.10 Å². The predicted octanol–water partition coefficient (Wildman–Crippen LogP) is 1.81. The minimum atomic E-state index is -0.796. The molecule has 94 valence electrons. The second-order valence-corrected chi connectivity index (χ2v) is 4.15. The van der Waals surface area contributed by atoms with Gasteiger partial charge in [-0.25, -0.2) is 0 Å². The van der Waals surface area contributed by atoms with E-state index in [1.54, 1.807) is 10.9 Å². The molecule has 0 aliphatic carbocycles. The van der Waals surface area contributed by atoms with Gasteiger partial charge in [0.1, 0.15) is 5.69 Å². The third kappa shape index (κ3) is 2.40. The molecule has 0 spiro atoms. The summed E-state index contributed by atoms with van der Waals surface area (Å²) in [5.41, 5.74) is 3.57. The topological polar surface area (TPSA) is 68.0 Å². The quantitative estimate of drug-likeness (QED) is 0.892. The molecule has 0 unspecified atom stereocenters. The molecule has 0 saturated carbocycles. The number of rotatable bonds is 4. The summed E-state index contributed by atoms with van der Waals surface area (Å²) in [5, 5.41) is 13.2. The summed E-state index contributed by atoms with van der Waals surface area (Å²) >= 11 is 0. The lowest BCUT2D eigenvalue weighted by Crippen LogP contribution is -2.03. The molecule has 18 heavy (non-hydrogen) atoms. The number of carboxylic acids is 1. The molecule has 2 rings (SSSR count). The summed E-state index contributed by atoms with van der Waals surface area (Å²) in [7, 11) is 1.83. The Labute approximate surface area is 105 Å². The lowest BCUT2D eigenvalue weighted by atomic mass is 10.1. The fraction of sp³-hybridized carbons (Fsp3) is 0.308. The molecule has 0 fully saturated rings. The molecule has 0 saturated heterocycles. The van der Waals surface area contributed by atoms with Crippen LogP contribution < -0.4 is 0 Å². The summed E-state index contributed by atoms with van der Waals surface area (Å²) in [4.78, 5) is 14.9. The van der Waals surface area contributed by atoms with Gasteiger partial charge in [-0.05, 0) is 24.6 Å². The number of aliphatic carboxylic acids is 1. The summed E-state index contributed by atoms with van der Waals surface area (Å²) in [5.74, 6) is -0.796. The second-order valence-electron chi connectivity index (χ2n) is 4.15. The van der Waals surface area contributed by atoms with Gasteiger partial charge in [0.25, 0.3) is 0 Å². The molecule has 0 atom stereocenters. The van der Waals surface area contributed by atoms with Crippen LogP contribution in [-0.2, 0) is 18.3 Å². The predicted molar refractivity (Wildman–Crippen MR) is 67.1 cm³/mol. The maximum atomic E-state index is 10.6. The Morgan fingerprint density at radius 1 is 1.44 bits per heavy atom. The van der Waals surface area contributed by atoms with Crippen molar-refractivity contribution in [1.82, 2.24) is 14.8 Å². The molecule has 0 aromatic carbocycles. The number of aromatic nitrogens is 3. The Morgan fingerprint density at radius 2 is 2.22 bits per heavy atom. The maximum Gasteiger partial charge on any atom is 0.303 e. The molecule has 0 radical (unpaired) electrons. The van der Waals surface area contributed by atoms with Crippen molar-refractivity contribution < 1.29 is 9.90 Å². The number of pyridine rings is 1. The maximum absolute atomic E-state index is 10.6. The van der Waals surface area contributed by atoms with Gasteiger partial charge in [-0.1, -0.05) is 6.07 Å². The highest BCUT2D eigenvalue weighted by Gasteiger charge is 2.15. The van der Waals surface area contributed by atoms with Crippen LogP contribution in [0, 0.1) is 6.92 Å². The van der Waals surface area contributed by atoms with Crippen molar-refractivity contribution in [3.05, 3.63) is 35.7 Å². The molecule has 0 aliphatic rings. The monoisotopic (exact) mass is 245 g/mol. The Balaban J connectivity index is 2.35. The van der Waals surface area contributed by atoms with Gasteiger partial charge in [-0.3, -0.25) is 14.5 Å². The molecule has 2 aromatic rings. The summed E-state index contributed by atoms with van der Waals surface area (Å²) in [6, 6.07) is 5.66. The number of carboxylic acid groups (broad SMARTS) is 1. The summed E-state index contributed by atoms with van der Waals surface area (Å²) in [6.07, 6.45) is 2.32. The van der Waals surface area contributed by atoms with Crippen LogP contribution in [0.1, 0.15) is 17.7 Å². The number of carbonyl (C=O) groups is 1. The first kappa shape index (κ1) is 12.3. The standard InChI is InChI=1S/C13H15N3O2/c1-9-11(6-7-12(17)18)16(2)15-13(9)10-5-3-4-8-14-10/h3-5,8H,6-7H2,1-2H3,(H,17,18). The number of nitrogens with zero attached hydrogens (tertiary/aromatic N) is 3. The fourth-order valence-electron chi connectivity index (χ4n) is 1.99. The Kier molecular flexibility index (Phi) is 3.41. The minimum Gasteiger partial charge on any atom is -0.481 e. The first-order valence-corrected chi connectivity index (χ1v) is 5.75. The third-order valence-electron chi connectivity index (χ3n) is 2.91. The van der Waals surface area contributed by atoms with E-state index in [1.165, 1.54) is 0 Å². The minimum absolute atomic E-state index is 0.113. The van der Waals surface area contributed by atoms with Crippen LogP contribution in [0.4, 0.5) is 0 Å². The normalized spacial score (nSPS) is 10.6. The van der Waals surface area contributed by atoms with E-state index in [9.17, 15) is 4.79 Å². The molecule has 2 aromatic heterocycles. The van der Waals surface area contributed by atoms with Crippen molar-refractivity contribution in [3.8, 4) is 11.4 Å². The van der Waals surface area contributed by atoms with Gasteiger partial charge in [0.05, 0.1) is 12.1 Å². The van der Waals surface area contributed by atoms with Crippen molar-refractivity contribution >= 4 is 5.97 Å². The van der Waals surface area contributed by atoms with Crippen LogP contribution in [0.3, 0.4) is 0 Å². The van der Waals surface area contributed by atoms with Crippen LogP contribution >= 0.6 is 0 Å². The molecule has 1 N–H and O–H groups in total. The van der Waals surface area contributed by atoms with Gasteiger partial charge < -0.3 is 5.11 Å².